The highest BCUT2D eigenvalue weighted by molar-refractivity contribution is 8.00. The summed E-state index contributed by atoms with van der Waals surface area (Å²) in [5, 5.41) is 12.0. The van der Waals surface area contributed by atoms with Crippen LogP contribution in [0.4, 0.5) is 0 Å². The van der Waals surface area contributed by atoms with Crippen molar-refractivity contribution < 1.29 is 9.90 Å². The molecule has 0 saturated heterocycles. The molecule has 0 heterocycles. The summed E-state index contributed by atoms with van der Waals surface area (Å²) in [6.45, 7) is 8.20. The molecule has 0 fully saturated rings. The van der Waals surface area contributed by atoms with E-state index >= 15 is 0 Å². The minimum Gasteiger partial charge on any atom is -0.396 e. The molecule has 1 amide bonds. The molecule has 3 unspecified atom stereocenters. The summed E-state index contributed by atoms with van der Waals surface area (Å²) in [6.07, 6.45) is 1.03. The van der Waals surface area contributed by atoms with Gasteiger partial charge in [0.2, 0.25) is 5.91 Å². The lowest BCUT2D eigenvalue weighted by Gasteiger charge is -2.19. The van der Waals surface area contributed by atoms with E-state index in [1.54, 1.807) is 11.8 Å². The molecule has 0 aliphatic heterocycles. The number of thioether (sulfide) groups is 1. The van der Waals surface area contributed by atoms with Gasteiger partial charge >= 0.3 is 0 Å². The van der Waals surface area contributed by atoms with Crippen molar-refractivity contribution in [3.63, 3.8) is 0 Å². The van der Waals surface area contributed by atoms with Crippen molar-refractivity contribution in [2.24, 2.45) is 5.92 Å². The van der Waals surface area contributed by atoms with Gasteiger partial charge in [0, 0.05) is 6.61 Å². The molecule has 2 N–H and O–H groups in total. The molecule has 0 radical (unpaired) electrons. The largest absolute Gasteiger partial charge is 0.396 e. The van der Waals surface area contributed by atoms with Gasteiger partial charge in [-0.2, -0.15) is 0 Å². The number of benzene rings is 1. The Morgan fingerprint density at radius 1 is 1.24 bits per heavy atom. The number of hydrogen-bond acceptors (Lipinski definition) is 3. The maximum absolute atomic E-state index is 12.2. The number of nitrogens with one attached hydrogen (secondary N) is 1. The fourth-order valence-corrected chi connectivity index (χ4v) is 2.84. The molecule has 1 aromatic rings. The first-order chi connectivity index (χ1) is 9.97. The Bertz CT molecular complexity index is 433. The molecular formula is C17H27NO2S. The van der Waals surface area contributed by atoms with E-state index in [1.165, 1.54) is 5.56 Å². The molecule has 21 heavy (non-hydrogen) atoms. The summed E-state index contributed by atoms with van der Waals surface area (Å²) in [4.78, 5) is 12.2. The zero-order chi connectivity index (χ0) is 15.8. The van der Waals surface area contributed by atoms with Gasteiger partial charge in [-0.25, -0.2) is 0 Å². The Hall–Kier alpha value is -1.00. The number of carbonyl (C=O) groups excluding carboxylic acids is 1. The van der Waals surface area contributed by atoms with Gasteiger partial charge in [0.1, 0.15) is 0 Å². The van der Waals surface area contributed by atoms with Gasteiger partial charge in [-0.05, 0) is 43.1 Å². The molecule has 3 nitrogen and oxygen atoms in total. The minimum atomic E-state index is -0.101. The Labute approximate surface area is 132 Å². The topological polar surface area (TPSA) is 49.3 Å². The number of amides is 1. The van der Waals surface area contributed by atoms with Gasteiger partial charge in [0.15, 0.2) is 0 Å². The van der Waals surface area contributed by atoms with E-state index in [9.17, 15) is 4.79 Å². The molecular weight excluding hydrogens is 282 g/mol. The third-order valence-corrected chi connectivity index (χ3v) is 5.03. The lowest BCUT2D eigenvalue weighted by Crippen LogP contribution is -2.33. The predicted octanol–water partition coefficient (Wildman–Crippen LogP) is 3.18. The molecule has 0 aliphatic carbocycles. The van der Waals surface area contributed by atoms with E-state index in [2.05, 4.69) is 36.5 Å². The third kappa shape index (κ3) is 6.10. The first-order valence-corrected chi connectivity index (χ1v) is 8.64. The van der Waals surface area contributed by atoms with Gasteiger partial charge in [-0.1, -0.05) is 38.1 Å². The standard InChI is InChI=1S/C17H27NO2S/c1-5-15-6-8-16(9-7-15)13(3)18-17(20)14(4)21-11-12(2)10-19/h6-9,12-14,19H,5,10-11H2,1-4H3,(H,18,20). The van der Waals surface area contributed by atoms with E-state index in [4.69, 9.17) is 5.11 Å². The number of hydrogen-bond donors (Lipinski definition) is 2. The van der Waals surface area contributed by atoms with E-state index in [0.29, 0.717) is 0 Å². The molecule has 0 saturated carbocycles. The second-order valence-electron chi connectivity index (χ2n) is 5.59. The smallest absolute Gasteiger partial charge is 0.233 e. The summed E-state index contributed by atoms with van der Waals surface area (Å²) in [5.74, 6) is 1.08. The van der Waals surface area contributed by atoms with Gasteiger partial charge < -0.3 is 10.4 Å². The zero-order valence-electron chi connectivity index (χ0n) is 13.4. The zero-order valence-corrected chi connectivity index (χ0v) is 14.2. The van der Waals surface area contributed by atoms with Crippen LogP contribution in [0.5, 0.6) is 0 Å². The quantitative estimate of drug-likeness (QED) is 0.775. The Kier molecular flexibility index (Phi) is 7.83. The van der Waals surface area contributed by atoms with Crippen molar-refractivity contribution in [2.45, 2.75) is 45.4 Å². The van der Waals surface area contributed by atoms with E-state index < -0.39 is 0 Å². The summed E-state index contributed by atoms with van der Waals surface area (Å²) < 4.78 is 0. The average molecular weight is 309 g/mol. The second kappa shape index (κ2) is 9.11. The highest BCUT2D eigenvalue weighted by Gasteiger charge is 2.17. The SMILES string of the molecule is CCc1ccc(C(C)NC(=O)C(C)SCC(C)CO)cc1. The van der Waals surface area contributed by atoms with Crippen LogP contribution >= 0.6 is 11.8 Å². The summed E-state index contributed by atoms with van der Waals surface area (Å²) in [7, 11) is 0. The number of aliphatic hydroxyl groups is 1. The number of aliphatic hydroxyl groups excluding tert-OH is 1. The highest BCUT2D eigenvalue weighted by Crippen LogP contribution is 2.18. The van der Waals surface area contributed by atoms with E-state index in [0.717, 1.165) is 17.7 Å². The minimum absolute atomic E-state index is 0.0155. The van der Waals surface area contributed by atoms with Crippen LogP contribution in [0.1, 0.15) is 44.9 Å². The first-order valence-electron chi connectivity index (χ1n) is 7.59. The lowest BCUT2D eigenvalue weighted by atomic mass is 10.0. The molecule has 1 aromatic carbocycles. The van der Waals surface area contributed by atoms with E-state index in [1.807, 2.05) is 20.8 Å². The first kappa shape index (κ1) is 18.1. The molecule has 118 valence electrons. The van der Waals surface area contributed by atoms with Crippen LogP contribution in [-0.2, 0) is 11.2 Å². The predicted molar refractivity (Wildman–Crippen MR) is 90.5 cm³/mol. The molecule has 0 bridgehead atoms. The van der Waals surface area contributed by atoms with Crippen LogP contribution in [0.25, 0.3) is 0 Å². The van der Waals surface area contributed by atoms with Crippen LogP contribution < -0.4 is 5.32 Å². The summed E-state index contributed by atoms with van der Waals surface area (Å²) in [5.41, 5.74) is 2.43. The molecule has 0 spiro atoms. The summed E-state index contributed by atoms with van der Waals surface area (Å²) >= 11 is 1.59. The maximum atomic E-state index is 12.2. The van der Waals surface area contributed by atoms with Crippen molar-refractivity contribution in [3.8, 4) is 0 Å². The fourth-order valence-electron chi connectivity index (χ4n) is 1.89. The lowest BCUT2D eigenvalue weighted by molar-refractivity contribution is -0.120. The highest BCUT2D eigenvalue weighted by atomic mass is 32.2. The second-order valence-corrected chi connectivity index (χ2v) is 6.96. The van der Waals surface area contributed by atoms with Crippen LogP contribution in [0, 0.1) is 5.92 Å². The number of rotatable bonds is 8. The van der Waals surface area contributed by atoms with Gasteiger partial charge in [-0.15, -0.1) is 11.8 Å². The van der Waals surface area contributed by atoms with Gasteiger partial charge in [0.25, 0.3) is 0 Å². The molecule has 0 aliphatic rings. The normalized spacial score (nSPS) is 15.3. The molecule has 1 rings (SSSR count). The van der Waals surface area contributed by atoms with Crippen LogP contribution in [0.15, 0.2) is 24.3 Å². The van der Waals surface area contributed by atoms with Crippen LogP contribution in [0.3, 0.4) is 0 Å². The Balaban J connectivity index is 2.48. The Morgan fingerprint density at radius 3 is 2.38 bits per heavy atom. The molecule has 0 aromatic heterocycles. The van der Waals surface area contributed by atoms with Crippen molar-refractivity contribution in [1.82, 2.24) is 5.32 Å². The van der Waals surface area contributed by atoms with Crippen LogP contribution in [-0.4, -0.2) is 28.6 Å². The van der Waals surface area contributed by atoms with Crippen molar-refractivity contribution in [1.29, 1.82) is 0 Å². The van der Waals surface area contributed by atoms with Gasteiger partial charge in [0.05, 0.1) is 11.3 Å². The van der Waals surface area contributed by atoms with Gasteiger partial charge in [-0.3, -0.25) is 4.79 Å². The van der Waals surface area contributed by atoms with Crippen molar-refractivity contribution >= 4 is 17.7 Å². The third-order valence-electron chi connectivity index (χ3n) is 3.56. The van der Waals surface area contributed by atoms with Crippen molar-refractivity contribution in [2.75, 3.05) is 12.4 Å². The van der Waals surface area contributed by atoms with E-state index in [-0.39, 0.29) is 29.7 Å². The molecule has 3 atom stereocenters. The average Bonchev–Trinajstić information content (AvgIpc) is 2.51. The number of carbonyl (C=O) groups is 1. The van der Waals surface area contributed by atoms with Crippen LogP contribution in [0.2, 0.25) is 0 Å². The van der Waals surface area contributed by atoms with Crippen molar-refractivity contribution in [3.05, 3.63) is 35.4 Å². The maximum Gasteiger partial charge on any atom is 0.233 e. The number of aryl methyl sites for hydroxylation is 1. The monoisotopic (exact) mass is 309 g/mol. The molecule has 4 heteroatoms. The Morgan fingerprint density at radius 2 is 1.86 bits per heavy atom. The fraction of sp³-hybridized carbons (Fsp3) is 0.588. The summed E-state index contributed by atoms with van der Waals surface area (Å²) in [6, 6.07) is 8.39.